The second kappa shape index (κ2) is 5.75. The van der Waals surface area contributed by atoms with Crippen LogP contribution in [0.25, 0.3) is 0 Å². The summed E-state index contributed by atoms with van der Waals surface area (Å²) >= 11 is 0. The number of halogens is 3. The number of benzene rings is 2. The van der Waals surface area contributed by atoms with Gasteiger partial charge >= 0.3 is 6.18 Å². The Morgan fingerprint density at radius 1 is 1.10 bits per heavy atom. The monoisotopic (exact) mass is 291 g/mol. The smallest absolute Gasteiger partial charge is 0.399 e. The number of hydrogen-bond acceptors (Lipinski definition) is 3. The average molecular weight is 291 g/mol. The number of nitrogens with zero attached hydrogens (tertiary/aromatic N) is 1. The summed E-state index contributed by atoms with van der Waals surface area (Å²) in [5.74, 6) is 0. The van der Waals surface area contributed by atoms with E-state index in [0.717, 1.165) is 11.6 Å². The fourth-order valence-corrected chi connectivity index (χ4v) is 1.84. The van der Waals surface area contributed by atoms with Gasteiger partial charge in [-0.25, -0.2) is 0 Å². The number of nitriles is 1. The zero-order valence-corrected chi connectivity index (χ0v) is 10.9. The highest BCUT2D eigenvalue weighted by Crippen LogP contribution is 2.36. The van der Waals surface area contributed by atoms with E-state index in [1.165, 1.54) is 12.1 Å². The van der Waals surface area contributed by atoms with Crippen LogP contribution >= 0.6 is 0 Å². The van der Waals surface area contributed by atoms with E-state index in [-0.39, 0.29) is 17.9 Å². The molecule has 2 aromatic carbocycles. The van der Waals surface area contributed by atoms with Crippen LogP contribution in [-0.2, 0) is 12.7 Å². The molecule has 0 aromatic heterocycles. The van der Waals surface area contributed by atoms with Crippen molar-refractivity contribution >= 4 is 11.4 Å². The van der Waals surface area contributed by atoms with E-state index in [0.29, 0.717) is 5.56 Å². The van der Waals surface area contributed by atoms with E-state index in [4.69, 9.17) is 11.0 Å². The third kappa shape index (κ3) is 3.66. The van der Waals surface area contributed by atoms with Gasteiger partial charge in [0, 0.05) is 17.9 Å². The van der Waals surface area contributed by atoms with Crippen LogP contribution in [0.1, 0.15) is 16.7 Å². The summed E-state index contributed by atoms with van der Waals surface area (Å²) in [6.45, 7) is 0.221. The minimum absolute atomic E-state index is 0.0268. The van der Waals surface area contributed by atoms with E-state index in [1.807, 2.05) is 6.07 Å². The molecule has 2 rings (SSSR count). The first-order chi connectivity index (χ1) is 9.90. The maximum atomic E-state index is 12.9. The van der Waals surface area contributed by atoms with Crippen LogP contribution in [-0.4, -0.2) is 0 Å². The van der Waals surface area contributed by atoms with Crippen molar-refractivity contribution in [1.29, 1.82) is 5.26 Å². The van der Waals surface area contributed by atoms with E-state index in [2.05, 4.69) is 5.32 Å². The number of hydrogen-bond donors (Lipinski definition) is 2. The molecule has 0 saturated heterocycles. The summed E-state index contributed by atoms with van der Waals surface area (Å²) in [6, 6.07) is 12.2. The molecule has 0 radical (unpaired) electrons. The molecule has 108 valence electrons. The quantitative estimate of drug-likeness (QED) is 0.846. The molecule has 0 amide bonds. The Balaban J connectivity index is 2.18. The zero-order valence-electron chi connectivity index (χ0n) is 10.9. The molecule has 0 fully saturated rings. The molecule has 0 aliphatic rings. The molecule has 0 unspecified atom stereocenters. The van der Waals surface area contributed by atoms with E-state index >= 15 is 0 Å². The van der Waals surface area contributed by atoms with Gasteiger partial charge in [-0.3, -0.25) is 0 Å². The minimum Gasteiger partial charge on any atom is -0.399 e. The van der Waals surface area contributed by atoms with Crippen molar-refractivity contribution in [2.75, 3.05) is 11.1 Å². The van der Waals surface area contributed by atoms with Crippen LogP contribution in [0, 0.1) is 11.3 Å². The van der Waals surface area contributed by atoms with Crippen molar-refractivity contribution in [3.8, 4) is 6.07 Å². The van der Waals surface area contributed by atoms with Crippen LogP contribution < -0.4 is 11.1 Å². The first kappa shape index (κ1) is 14.7. The maximum Gasteiger partial charge on any atom is 0.418 e. The predicted octanol–water partition coefficient (Wildman–Crippen LogP) is 3.77. The number of nitrogens with two attached hydrogens (primary N) is 1. The summed E-state index contributed by atoms with van der Waals surface area (Å²) in [6.07, 6.45) is -4.47. The molecule has 0 aliphatic heterocycles. The highest BCUT2D eigenvalue weighted by atomic mass is 19.4. The van der Waals surface area contributed by atoms with Gasteiger partial charge in [0.1, 0.15) is 0 Å². The topological polar surface area (TPSA) is 61.8 Å². The maximum absolute atomic E-state index is 12.9. The largest absolute Gasteiger partial charge is 0.418 e. The molecule has 0 aliphatic carbocycles. The molecule has 0 heterocycles. The number of nitrogen functional groups attached to an aromatic ring is 1. The van der Waals surface area contributed by atoms with E-state index in [1.54, 1.807) is 24.3 Å². The molecule has 0 atom stereocenters. The fraction of sp³-hybridized carbons (Fsp3) is 0.133. The van der Waals surface area contributed by atoms with E-state index < -0.39 is 11.7 Å². The molecular formula is C15H12F3N3. The van der Waals surface area contributed by atoms with Crippen molar-refractivity contribution < 1.29 is 13.2 Å². The SMILES string of the molecule is N#Cc1ccc(CNc2ccc(N)cc2C(F)(F)F)cc1. The Morgan fingerprint density at radius 2 is 1.76 bits per heavy atom. The molecular weight excluding hydrogens is 279 g/mol. The first-order valence-electron chi connectivity index (χ1n) is 6.10. The summed E-state index contributed by atoms with van der Waals surface area (Å²) in [5.41, 5.74) is 5.92. The van der Waals surface area contributed by atoms with Gasteiger partial charge < -0.3 is 11.1 Å². The van der Waals surface area contributed by atoms with Crippen LogP contribution in [0.2, 0.25) is 0 Å². The Morgan fingerprint density at radius 3 is 2.33 bits per heavy atom. The molecule has 21 heavy (non-hydrogen) atoms. The van der Waals surface area contributed by atoms with Crippen LogP contribution in [0.4, 0.5) is 24.5 Å². The van der Waals surface area contributed by atoms with Gasteiger partial charge in [0.25, 0.3) is 0 Å². The van der Waals surface area contributed by atoms with Crippen LogP contribution in [0.3, 0.4) is 0 Å². The molecule has 0 bridgehead atoms. The van der Waals surface area contributed by atoms with Crippen molar-refractivity contribution in [3.05, 3.63) is 59.2 Å². The lowest BCUT2D eigenvalue weighted by atomic mass is 10.1. The molecule has 3 N–H and O–H groups in total. The van der Waals surface area contributed by atoms with Gasteiger partial charge in [-0.15, -0.1) is 0 Å². The van der Waals surface area contributed by atoms with Gasteiger partial charge in [0.2, 0.25) is 0 Å². The molecule has 2 aromatic rings. The number of alkyl halides is 3. The Kier molecular flexibility index (Phi) is 4.03. The Hall–Kier alpha value is -2.68. The normalized spacial score (nSPS) is 11.0. The standard InChI is InChI=1S/C15H12F3N3/c16-15(17,18)13-7-12(20)5-6-14(13)21-9-11-3-1-10(8-19)2-4-11/h1-7,21H,9,20H2. The average Bonchev–Trinajstić information content (AvgIpc) is 2.45. The third-order valence-electron chi connectivity index (χ3n) is 2.92. The Bertz CT molecular complexity index is 670. The highest BCUT2D eigenvalue weighted by Gasteiger charge is 2.33. The lowest BCUT2D eigenvalue weighted by Crippen LogP contribution is -2.11. The van der Waals surface area contributed by atoms with Crippen molar-refractivity contribution in [2.24, 2.45) is 0 Å². The molecule has 6 heteroatoms. The summed E-state index contributed by atoms with van der Waals surface area (Å²) in [5, 5.41) is 11.4. The zero-order chi connectivity index (χ0) is 15.5. The lowest BCUT2D eigenvalue weighted by molar-refractivity contribution is -0.136. The number of nitrogens with one attached hydrogen (secondary N) is 1. The molecule has 3 nitrogen and oxygen atoms in total. The second-order valence-electron chi connectivity index (χ2n) is 4.47. The van der Waals surface area contributed by atoms with Gasteiger partial charge in [-0.2, -0.15) is 18.4 Å². The van der Waals surface area contributed by atoms with Crippen molar-refractivity contribution in [2.45, 2.75) is 12.7 Å². The van der Waals surface area contributed by atoms with E-state index in [9.17, 15) is 13.2 Å². The number of rotatable bonds is 3. The highest BCUT2D eigenvalue weighted by molar-refractivity contribution is 5.59. The summed E-state index contributed by atoms with van der Waals surface area (Å²) in [4.78, 5) is 0. The van der Waals surface area contributed by atoms with Gasteiger partial charge in [-0.05, 0) is 35.9 Å². The Labute approximate surface area is 119 Å². The van der Waals surface area contributed by atoms with Crippen LogP contribution in [0.15, 0.2) is 42.5 Å². The lowest BCUT2D eigenvalue weighted by Gasteiger charge is -2.15. The van der Waals surface area contributed by atoms with Gasteiger partial charge in [-0.1, -0.05) is 12.1 Å². The van der Waals surface area contributed by atoms with Gasteiger partial charge in [0.15, 0.2) is 0 Å². The molecule has 0 spiro atoms. The predicted molar refractivity (Wildman–Crippen MR) is 74.3 cm³/mol. The molecule has 0 saturated carbocycles. The fourth-order valence-electron chi connectivity index (χ4n) is 1.84. The summed E-state index contributed by atoms with van der Waals surface area (Å²) in [7, 11) is 0. The summed E-state index contributed by atoms with van der Waals surface area (Å²) < 4.78 is 38.8. The van der Waals surface area contributed by atoms with Crippen molar-refractivity contribution in [1.82, 2.24) is 0 Å². The minimum atomic E-state index is -4.47. The second-order valence-corrected chi connectivity index (χ2v) is 4.47. The number of anilines is 2. The third-order valence-corrected chi connectivity index (χ3v) is 2.92. The van der Waals surface area contributed by atoms with Crippen LogP contribution in [0.5, 0.6) is 0 Å². The van der Waals surface area contributed by atoms with Gasteiger partial charge in [0.05, 0.1) is 17.2 Å². The van der Waals surface area contributed by atoms with Crippen molar-refractivity contribution in [3.63, 3.8) is 0 Å². The first-order valence-corrected chi connectivity index (χ1v) is 6.10.